The molecule has 0 aliphatic carbocycles. The molecule has 0 spiro atoms. The van der Waals surface area contributed by atoms with Crippen LogP contribution in [0.3, 0.4) is 0 Å². The molecule has 1 aliphatic heterocycles. The van der Waals surface area contributed by atoms with Crippen LogP contribution >= 0.6 is 0 Å². The highest BCUT2D eigenvalue weighted by Gasteiger charge is 2.31. The first-order chi connectivity index (χ1) is 13.3. The molecule has 1 heterocycles. The third kappa shape index (κ3) is 4.58. The number of carbonyl (C=O) groups excluding carboxylic acids is 1. The van der Waals surface area contributed by atoms with E-state index in [2.05, 4.69) is 0 Å². The Kier molecular flexibility index (Phi) is 5.82. The molecule has 0 bridgehead atoms. The van der Waals surface area contributed by atoms with Crippen LogP contribution in [0.25, 0.3) is 0 Å². The first-order valence-corrected chi connectivity index (χ1v) is 9.19. The third-order valence-corrected chi connectivity index (χ3v) is 4.88. The Hall–Kier alpha value is -2.70. The van der Waals surface area contributed by atoms with Gasteiger partial charge in [-0.15, -0.1) is 0 Å². The normalized spacial score (nSPS) is 16.0. The average Bonchev–Trinajstić information content (AvgIpc) is 2.69. The Balaban J connectivity index is 1.59. The molecule has 0 saturated carbocycles. The van der Waals surface area contributed by atoms with Crippen molar-refractivity contribution in [3.8, 4) is 5.75 Å². The van der Waals surface area contributed by atoms with Crippen LogP contribution < -0.4 is 9.64 Å². The number of benzene rings is 2. The predicted octanol–water partition coefficient (Wildman–Crippen LogP) is 4.13. The highest BCUT2D eigenvalue weighted by molar-refractivity contribution is 5.81. The molecule has 1 aliphatic rings. The van der Waals surface area contributed by atoms with Crippen molar-refractivity contribution >= 4 is 11.6 Å². The van der Waals surface area contributed by atoms with Gasteiger partial charge in [-0.2, -0.15) is 13.2 Å². The van der Waals surface area contributed by atoms with Gasteiger partial charge in [0.05, 0.1) is 5.56 Å². The molecule has 2 aromatic rings. The van der Waals surface area contributed by atoms with E-state index in [0.717, 1.165) is 17.7 Å². The number of alkyl halides is 3. The first kappa shape index (κ1) is 20.0. The lowest BCUT2D eigenvalue weighted by atomic mass is 10.1. The van der Waals surface area contributed by atoms with Gasteiger partial charge in [0.25, 0.3) is 5.91 Å². The second kappa shape index (κ2) is 8.12. The fourth-order valence-electron chi connectivity index (χ4n) is 3.25. The summed E-state index contributed by atoms with van der Waals surface area (Å²) in [6, 6.07) is 12.8. The van der Waals surface area contributed by atoms with Gasteiger partial charge in [-0.3, -0.25) is 4.79 Å². The number of hydrogen-bond donors (Lipinski definition) is 0. The number of piperazine rings is 1. The molecule has 1 unspecified atom stereocenters. The largest absolute Gasteiger partial charge is 0.481 e. The molecule has 1 atom stereocenters. The Morgan fingerprint density at radius 1 is 1.04 bits per heavy atom. The molecule has 7 heteroatoms. The zero-order valence-electron chi connectivity index (χ0n) is 15.9. The molecule has 28 heavy (non-hydrogen) atoms. The fraction of sp³-hybridized carbons (Fsp3) is 0.381. The summed E-state index contributed by atoms with van der Waals surface area (Å²) in [5, 5.41) is 0. The van der Waals surface area contributed by atoms with Crippen LogP contribution in [0.4, 0.5) is 18.9 Å². The number of anilines is 1. The van der Waals surface area contributed by atoms with Crippen LogP contribution in [0, 0.1) is 6.92 Å². The Labute approximate surface area is 162 Å². The predicted molar refractivity (Wildman–Crippen MR) is 102 cm³/mol. The monoisotopic (exact) mass is 392 g/mol. The van der Waals surface area contributed by atoms with Gasteiger partial charge in [-0.1, -0.05) is 24.3 Å². The lowest BCUT2D eigenvalue weighted by Gasteiger charge is -2.37. The summed E-state index contributed by atoms with van der Waals surface area (Å²) in [4.78, 5) is 16.2. The average molecular weight is 392 g/mol. The molecule has 1 amide bonds. The number of halogens is 3. The quantitative estimate of drug-likeness (QED) is 0.784. The van der Waals surface area contributed by atoms with Crippen LogP contribution in [0.1, 0.15) is 18.1 Å². The minimum absolute atomic E-state index is 0.119. The minimum Gasteiger partial charge on any atom is -0.481 e. The van der Waals surface area contributed by atoms with Gasteiger partial charge >= 0.3 is 6.18 Å². The summed E-state index contributed by atoms with van der Waals surface area (Å²) in [6.45, 7) is 5.47. The Morgan fingerprint density at radius 2 is 1.71 bits per heavy atom. The van der Waals surface area contributed by atoms with Crippen LogP contribution in [0.2, 0.25) is 0 Å². The molecule has 0 N–H and O–H groups in total. The molecule has 2 aromatic carbocycles. The molecule has 3 rings (SSSR count). The van der Waals surface area contributed by atoms with E-state index in [1.165, 1.54) is 6.07 Å². The third-order valence-electron chi connectivity index (χ3n) is 4.88. The smallest absolute Gasteiger partial charge is 0.416 e. The van der Waals surface area contributed by atoms with Crippen LogP contribution in [-0.2, 0) is 11.0 Å². The van der Waals surface area contributed by atoms with E-state index in [1.807, 2.05) is 36.1 Å². The van der Waals surface area contributed by atoms with E-state index >= 15 is 0 Å². The van der Waals surface area contributed by atoms with E-state index in [1.54, 1.807) is 17.9 Å². The Morgan fingerprint density at radius 3 is 2.36 bits per heavy atom. The molecule has 0 aromatic heterocycles. The molecular formula is C21H23F3N2O2. The maximum atomic E-state index is 12.9. The standard InChI is InChI=1S/C21H23F3N2O2/c1-15-6-3-4-9-19(15)28-16(2)20(27)26-12-10-25(11-13-26)18-8-5-7-17(14-18)21(22,23)24/h3-9,14,16H,10-13H2,1-2H3. The zero-order valence-corrected chi connectivity index (χ0v) is 15.9. The van der Waals surface area contributed by atoms with Crippen LogP contribution in [0.15, 0.2) is 48.5 Å². The van der Waals surface area contributed by atoms with Crippen LogP contribution in [-0.4, -0.2) is 43.1 Å². The molecular weight excluding hydrogens is 369 g/mol. The number of para-hydroxylation sites is 1. The lowest BCUT2D eigenvalue weighted by Crippen LogP contribution is -2.52. The Bertz CT molecular complexity index is 830. The number of amides is 1. The fourth-order valence-corrected chi connectivity index (χ4v) is 3.25. The summed E-state index contributed by atoms with van der Waals surface area (Å²) in [5.74, 6) is 0.554. The maximum Gasteiger partial charge on any atom is 0.416 e. The van der Waals surface area contributed by atoms with Gasteiger partial charge in [0.2, 0.25) is 0 Å². The highest BCUT2D eigenvalue weighted by Crippen LogP contribution is 2.32. The summed E-state index contributed by atoms with van der Waals surface area (Å²) < 4.78 is 44.5. The zero-order chi connectivity index (χ0) is 20.3. The molecule has 1 saturated heterocycles. The van der Waals surface area contributed by atoms with Gasteiger partial charge in [0.15, 0.2) is 6.10 Å². The number of aryl methyl sites for hydroxylation is 1. The highest BCUT2D eigenvalue weighted by atomic mass is 19.4. The summed E-state index contributed by atoms with van der Waals surface area (Å²) in [5.41, 5.74) is 0.811. The SMILES string of the molecule is Cc1ccccc1OC(C)C(=O)N1CCN(c2cccc(C(F)(F)F)c2)CC1. The van der Waals surface area contributed by atoms with Crippen molar-refractivity contribution in [3.63, 3.8) is 0 Å². The van der Waals surface area contributed by atoms with Crippen molar-refractivity contribution < 1.29 is 22.7 Å². The topological polar surface area (TPSA) is 32.8 Å². The number of carbonyl (C=O) groups is 1. The van der Waals surface area contributed by atoms with E-state index in [4.69, 9.17) is 4.74 Å². The van der Waals surface area contributed by atoms with Gasteiger partial charge in [0, 0.05) is 31.9 Å². The van der Waals surface area contributed by atoms with Crippen molar-refractivity contribution in [2.75, 3.05) is 31.1 Å². The van der Waals surface area contributed by atoms with E-state index in [0.29, 0.717) is 37.6 Å². The van der Waals surface area contributed by atoms with E-state index < -0.39 is 17.8 Å². The minimum atomic E-state index is -4.36. The molecule has 4 nitrogen and oxygen atoms in total. The molecule has 1 fully saturated rings. The van der Waals surface area contributed by atoms with Crippen molar-refractivity contribution in [1.82, 2.24) is 4.90 Å². The van der Waals surface area contributed by atoms with Crippen LogP contribution in [0.5, 0.6) is 5.75 Å². The number of hydrogen-bond acceptors (Lipinski definition) is 3. The summed E-state index contributed by atoms with van der Waals surface area (Å²) >= 11 is 0. The second-order valence-electron chi connectivity index (χ2n) is 6.89. The van der Waals surface area contributed by atoms with Crippen molar-refractivity contribution in [1.29, 1.82) is 0 Å². The van der Waals surface area contributed by atoms with Crippen molar-refractivity contribution in [2.45, 2.75) is 26.1 Å². The van der Waals surface area contributed by atoms with Gasteiger partial charge in [-0.25, -0.2) is 0 Å². The van der Waals surface area contributed by atoms with Crippen molar-refractivity contribution in [2.24, 2.45) is 0 Å². The number of rotatable bonds is 4. The molecule has 0 radical (unpaired) electrons. The summed E-state index contributed by atoms with van der Waals surface area (Å²) in [6.07, 6.45) is -4.99. The second-order valence-corrected chi connectivity index (χ2v) is 6.89. The number of ether oxygens (including phenoxy) is 1. The maximum absolute atomic E-state index is 12.9. The lowest BCUT2D eigenvalue weighted by molar-refractivity contribution is -0.138. The molecule has 150 valence electrons. The van der Waals surface area contributed by atoms with E-state index in [-0.39, 0.29) is 5.91 Å². The van der Waals surface area contributed by atoms with Crippen molar-refractivity contribution in [3.05, 3.63) is 59.7 Å². The first-order valence-electron chi connectivity index (χ1n) is 9.19. The van der Waals surface area contributed by atoms with Gasteiger partial charge < -0.3 is 14.5 Å². The van der Waals surface area contributed by atoms with E-state index in [9.17, 15) is 18.0 Å². The van der Waals surface area contributed by atoms with Gasteiger partial charge in [0.1, 0.15) is 5.75 Å². The van der Waals surface area contributed by atoms with Gasteiger partial charge in [-0.05, 0) is 43.7 Å². The number of nitrogens with zero attached hydrogens (tertiary/aromatic N) is 2. The summed E-state index contributed by atoms with van der Waals surface area (Å²) in [7, 11) is 0.